The van der Waals surface area contributed by atoms with Gasteiger partial charge in [0.1, 0.15) is 19.3 Å². The number of benzene rings is 2. The van der Waals surface area contributed by atoms with Gasteiger partial charge in [-0.3, -0.25) is 9.10 Å². The number of hydrogen-bond acceptors (Lipinski definition) is 5. The molecule has 2 aromatic rings. The van der Waals surface area contributed by atoms with Crippen LogP contribution in [0.1, 0.15) is 44.1 Å². The molecule has 0 aromatic heterocycles. The van der Waals surface area contributed by atoms with Crippen LogP contribution in [0, 0.1) is 17.8 Å². The van der Waals surface area contributed by atoms with Crippen LogP contribution in [0.4, 0.5) is 5.69 Å². The van der Waals surface area contributed by atoms with Crippen molar-refractivity contribution in [2.75, 3.05) is 30.3 Å². The van der Waals surface area contributed by atoms with E-state index in [2.05, 4.69) is 17.4 Å². The lowest BCUT2D eigenvalue weighted by molar-refractivity contribution is -0.120. The molecule has 7 rings (SSSR count). The number of carbonyl (C=O) groups is 1. The van der Waals surface area contributed by atoms with Gasteiger partial charge in [-0.1, -0.05) is 24.3 Å². The van der Waals surface area contributed by atoms with Gasteiger partial charge in [-0.2, -0.15) is 0 Å². The van der Waals surface area contributed by atoms with E-state index < -0.39 is 10.0 Å². The quantitative estimate of drug-likeness (QED) is 0.611. The average Bonchev–Trinajstić information content (AvgIpc) is 2.84. The van der Waals surface area contributed by atoms with Gasteiger partial charge in [0.2, 0.25) is 15.9 Å². The molecule has 0 spiro atoms. The van der Waals surface area contributed by atoms with Crippen LogP contribution in [-0.2, 0) is 20.2 Å². The van der Waals surface area contributed by atoms with Crippen LogP contribution in [0.2, 0.25) is 0 Å². The van der Waals surface area contributed by atoms with Crippen LogP contribution in [-0.4, -0.2) is 46.4 Å². The van der Waals surface area contributed by atoms with Gasteiger partial charge >= 0.3 is 0 Å². The van der Waals surface area contributed by atoms with Crippen LogP contribution in [0.5, 0.6) is 11.5 Å². The molecular formula is C28H34N2O5S. The van der Waals surface area contributed by atoms with Gasteiger partial charge in [0, 0.05) is 0 Å². The third kappa shape index (κ3) is 4.56. The van der Waals surface area contributed by atoms with Crippen LogP contribution in [0.25, 0.3) is 0 Å². The minimum absolute atomic E-state index is 0.232. The smallest absolute Gasteiger partial charge is 0.240 e. The summed E-state index contributed by atoms with van der Waals surface area (Å²) >= 11 is 0. The van der Waals surface area contributed by atoms with Crippen LogP contribution < -0.4 is 19.1 Å². The molecule has 4 fully saturated rings. The summed E-state index contributed by atoms with van der Waals surface area (Å²) in [5.41, 5.74) is 2.10. The van der Waals surface area contributed by atoms with E-state index in [-0.39, 0.29) is 30.5 Å². The van der Waals surface area contributed by atoms with Gasteiger partial charge in [0.15, 0.2) is 11.5 Å². The van der Waals surface area contributed by atoms with E-state index in [0.717, 1.165) is 24.0 Å². The molecule has 0 radical (unpaired) electrons. The molecule has 1 amide bonds. The van der Waals surface area contributed by atoms with Gasteiger partial charge < -0.3 is 14.8 Å². The number of anilines is 1. The summed E-state index contributed by atoms with van der Waals surface area (Å²) in [7, 11) is -3.64. The zero-order chi connectivity index (χ0) is 24.9. The Bertz CT molecular complexity index is 1210. The molecule has 4 aliphatic carbocycles. The maximum Gasteiger partial charge on any atom is 0.240 e. The Kier molecular flexibility index (Phi) is 5.90. The van der Waals surface area contributed by atoms with Crippen molar-refractivity contribution in [3.8, 4) is 11.5 Å². The molecule has 2 aromatic carbocycles. The molecule has 0 saturated heterocycles. The highest BCUT2D eigenvalue weighted by atomic mass is 32.2. The Morgan fingerprint density at radius 3 is 2.19 bits per heavy atom. The fourth-order valence-electron chi connectivity index (χ4n) is 7.42. The molecule has 7 nitrogen and oxygen atoms in total. The highest BCUT2D eigenvalue weighted by Gasteiger charge is 2.51. The van der Waals surface area contributed by atoms with Crippen molar-refractivity contribution >= 4 is 21.6 Å². The van der Waals surface area contributed by atoms with Crippen molar-refractivity contribution < 1.29 is 22.7 Å². The first kappa shape index (κ1) is 23.6. The second kappa shape index (κ2) is 8.98. The monoisotopic (exact) mass is 510 g/mol. The number of amides is 1. The Labute approximate surface area is 213 Å². The van der Waals surface area contributed by atoms with Crippen LogP contribution in [0.15, 0.2) is 48.5 Å². The van der Waals surface area contributed by atoms with Gasteiger partial charge in [0.05, 0.1) is 18.5 Å². The molecule has 5 aliphatic rings. The summed E-state index contributed by atoms with van der Waals surface area (Å²) in [6.07, 6.45) is 8.74. The highest BCUT2D eigenvalue weighted by molar-refractivity contribution is 7.92. The Morgan fingerprint density at radius 1 is 0.972 bits per heavy atom. The van der Waals surface area contributed by atoms with Gasteiger partial charge in [-0.25, -0.2) is 8.42 Å². The second-order valence-corrected chi connectivity index (χ2v) is 13.2. The Hall–Kier alpha value is -2.74. The summed E-state index contributed by atoms with van der Waals surface area (Å²) in [6, 6.07) is 15.3. The van der Waals surface area contributed by atoms with Gasteiger partial charge in [0.25, 0.3) is 0 Å². The van der Waals surface area contributed by atoms with Crippen molar-refractivity contribution in [1.29, 1.82) is 0 Å². The summed E-state index contributed by atoms with van der Waals surface area (Å²) in [5.74, 6) is 3.48. The lowest BCUT2D eigenvalue weighted by Gasteiger charge is -2.57. The molecule has 4 bridgehead atoms. The summed E-state index contributed by atoms with van der Waals surface area (Å²) in [5, 5.41) is 2.81. The standard InChI is InChI=1S/C28H34N2O5S/c1-36(32,33)30(17-27(31)29-16-24-18-34-25-4-2-3-5-26(25)35-24)23-8-6-22(7-9-23)28-13-19-10-20(14-28)12-21(11-19)15-28/h2-9,19-21,24H,10-18H2,1H3,(H,29,31)/t19?,20?,21?,24-,28?/m0/s1. The number of fused-ring (bicyclic) bond motifs is 1. The zero-order valence-electron chi connectivity index (χ0n) is 20.7. The zero-order valence-corrected chi connectivity index (χ0v) is 21.5. The maximum absolute atomic E-state index is 12.7. The molecule has 1 heterocycles. The van der Waals surface area contributed by atoms with Crippen LogP contribution in [0.3, 0.4) is 0 Å². The van der Waals surface area contributed by atoms with Crippen LogP contribution >= 0.6 is 0 Å². The maximum atomic E-state index is 12.7. The van der Waals surface area contributed by atoms with Crippen molar-refractivity contribution in [2.45, 2.75) is 50.0 Å². The largest absolute Gasteiger partial charge is 0.486 e. The first-order valence-corrected chi connectivity index (χ1v) is 14.9. The number of para-hydroxylation sites is 2. The molecule has 0 unspecified atom stereocenters. The number of sulfonamides is 1. The number of nitrogens with zero attached hydrogens (tertiary/aromatic N) is 1. The number of rotatable bonds is 7. The van der Waals surface area contributed by atoms with Crippen molar-refractivity contribution in [3.63, 3.8) is 0 Å². The summed E-state index contributed by atoms with van der Waals surface area (Å²) in [4.78, 5) is 12.7. The van der Waals surface area contributed by atoms with E-state index in [4.69, 9.17) is 9.47 Å². The molecule has 1 atom stereocenters. The van der Waals surface area contributed by atoms with E-state index in [0.29, 0.717) is 23.8 Å². The number of carbonyl (C=O) groups excluding carboxylic acids is 1. The third-order valence-electron chi connectivity index (χ3n) is 8.59. The minimum atomic E-state index is -3.64. The lowest BCUT2D eigenvalue weighted by atomic mass is 9.48. The van der Waals surface area contributed by atoms with E-state index in [1.54, 1.807) is 0 Å². The van der Waals surface area contributed by atoms with E-state index in [9.17, 15) is 13.2 Å². The third-order valence-corrected chi connectivity index (χ3v) is 9.73. The number of ether oxygens (including phenoxy) is 2. The lowest BCUT2D eigenvalue weighted by Crippen LogP contribution is -2.48. The van der Waals surface area contributed by atoms with Crippen molar-refractivity contribution in [2.24, 2.45) is 17.8 Å². The SMILES string of the molecule is CS(=O)(=O)N(CC(=O)NC[C@H]1COc2ccccc2O1)c1ccc(C23CC4CC(CC(C4)C2)C3)cc1. The molecule has 1 N–H and O–H groups in total. The molecule has 1 aliphatic heterocycles. The molecule has 4 saturated carbocycles. The predicted molar refractivity (Wildman–Crippen MR) is 138 cm³/mol. The first-order valence-electron chi connectivity index (χ1n) is 13.0. The average molecular weight is 511 g/mol. The van der Waals surface area contributed by atoms with Gasteiger partial charge in [-0.15, -0.1) is 0 Å². The molecule has 8 heteroatoms. The number of nitrogens with one attached hydrogen (secondary N) is 1. The first-order chi connectivity index (χ1) is 17.3. The van der Waals surface area contributed by atoms with E-state index in [1.807, 2.05) is 36.4 Å². The highest BCUT2D eigenvalue weighted by Crippen LogP contribution is 2.60. The minimum Gasteiger partial charge on any atom is -0.486 e. The fourth-order valence-corrected chi connectivity index (χ4v) is 8.28. The second-order valence-electron chi connectivity index (χ2n) is 11.3. The van der Waals surface area contributed by atoms with Gasteiger partial charge in [-0.05, 0) is 91.5 Å². The summed E-state index contributed by atoms with van der Waals surface area (Å²) in [6.45, 7) is 0.272. The predicted octanol–water partition coefficient (Wildman–Crippen LogP) is 3.88. The Balaban J connectivity index is 1.11. The molecule has 192 valence electrons. The molecular weight excluding hydrogens is 476 g/mol. The summed E-state index contributed by atoms with van der Waals surface area (Å²) < 4.78 is 38.0. The van der Waals surface area contributed by atoms with E-state index in [1.165, 1.54) is 48.4 Å². The normalized spacial score (nSPS) is 30.1. The Morgan fingerprint density at radius 2 is 1.58 bits per heavy atom. The van der Waals surface area contributed by atoms with E-state index >= 15 is 0 Å². The topological polar surface area (TPSA) is 84.9 Å². The van der Waals surface area contributed by atoms with Crippen molar-refractivity contribution in [3.05, 3.63) is 54.1 Å². The van der Waals surface area contributed by atoms with Crippen molar-refractivity contribution in [1.82, 2.24) is 5.32 Å². The number of hydrogen-bond donors (Lipinski definition) is 1. The fraction of sp³-hybridized carbons (Fsp3) is 0.536. The molecule has 36 heavy (non-hydrogen) atoms.